The number of aliphatic hydroxyl groups is 1. The Hall–Kier alpha value is -0.640. The van der Waals surface area contributed by atoms with E-state index in [1.165, 1.54) is 6.07 Å². The van der Waals surface area contributed by atoms with Gasteiger partial charge >= 0.3 is 0 Å². The van der Waals surface area contributed by atoms with Gasteiger partial charge in [-0.3, -0.25) is 0 Å². The van der Waals surface area contributed by atoms with Gasteiger partial charge in [-0.1, -0.05) is 31.0 Å². The summed E-state index contributed by atoms with van der Waals surface area (Å²) >= 11 is 5.86. The van der Waals surface area contributed by atoms with Crippen LogP contribution in [0.25, 0.3) is 0 Å². The highest BCUT2D eigenvalue weighted by atomic mass is 35.5. The minimum absolute atomic E-state index is 0.315. The molecule has 0 spiro atoms. The second kappa shape index (κ2) is 6.84. The molecule has 0 saturated carbocycles. The summed E-state index contributed by atoms with van der Waals surface area (Å²) in [5.74, 6) is -0.315. The molecule has 1 atom stereocenters. The number of benzene rings is 1. The molecule has 0 aliphatic carbocycles. The van der Waals surface area contributed by atoms with Crippen LogP contribution in [-0.4, -0.2) is 17.8 Å². The van der Waals surface area contributed by atoms with E-state index >= 15 is 0 Å². The summed E-state index contributed by atoms with van der Waals surface area (Å²) in [6.45, 7) is 2.81. The number of rotatable bonds is 6. The molecule has 2 N–H and O–H groups in total. The van der Waals surface area contributed by atoms with Crippen molar-refractivity contribution < 1.29 is 9.50 Å². The van der Waals surface area contributed by atoms with Gasteiger partial charge in [-0.25, -0.2) is 4.39 Å². The van der Waals surface area contributed by atoms with Crippen LogP contribution in [0.1, 0.15) is 25.3 Å². The molecule has 16 heavy (non-hydrogen) atoms. The monoisotopic (exact) mass is 245 g/mol. The Morgan fingerprint density at radius 2 is 2.25 bits per heavy atom. The average Bonchev–Trinajstić information content (AvgIpc) is 2.23. The van der Waals surface area contributed by atoms with E-state index in [1.807, 2.05) is 6.92 Å². The molecule has 0 aromatic heterocycles. The summed E-state index contributed by atoms with van der Waals surface area (Å²) in [6.07, 6.45) is 1.30. The van der Waals surface area contributed by atoms with Gasteiger partial charge in [0.05, 0.1) is 6.10 Å². The van der Waals surface area contributed by atoms with Crippen LogP contribution >= 0.6 is 11.6 Å². The molecule has 0 aliphatic heterocycles. The fourth-order valence-electron chi connectivity index (χ4n) is 1.50. The fraction of sp³-hybridized carbons (Fsp3) is 0.500. The second-order valence-electron chi connectivity index (χ2n) is 3.77. The van der Waals surface area contributed by atoms with Gasteiger partial charge in [-0.05, 0) is 18.6 Å². The van der Waals surface area contributed by atoms with Crippen LogP contribution < -0.4 is 5.32 Å². The molecule has 90 valence electrons. The lowest BCUT2D eigenvalue weighted by Crippen LogP contribution is -2.26. The Morgan fingerprint density at radius 3 is 2.88 bits per heavy atom. The molecule has 0 saturated heterocycles. The fourth-order valence-corrected chi connectivity index (χ4v) is 1.73. The van der Waals surface area contributed by atoms with Crippen LogP contribution in [0.2, 0.25) is 5.02 Å². The molecule has 1 rings (SSSR count). The number of nitrogens with one attached hydrogen (secondary N) is 1. The number of halogens is 2. The maximum atomic E-state index is 13.3. The Kier molecular flexibility index (Phi) is 5.74. The Labute approximate surface area is 100 Å². The van der Waals surface area contributed by atoms with Crippen molar-refractivity contribution in [2.24, 2.45) is 0 Å². The molecule has 0 bridgehead atoms. The number of hydrogen-bond donors (Lipinski definition) is 2. The highest BCUT2D eigenvalue weighted by Crippen LogP contribution is 2.18. The summed E-state index contributed by atoms with van der Waals surface area (Å²) < 4.78 is 13.3. The zero-order chi connectivity index (χ0) is 12.0. The van der Waals surface area contributed by atoms with Gasteiger partial charge in [0.2, 0.25) is 0 Å². The van der Waals surface area contributed by atoms with E-state index in [4.69, 9.17) is 11.6 Å². The standard InChI is InChI=1S/C12H17ClFNO/c1-2-4-9(16)7-15-8-10-11(13)5-3-6-12(10)14/h3,5-6,9,15-16H,2,4,7-8H2,1H3. The maximum absolute atomic E-state index is 13.3. The summed E-state index contributed by atoms with van der Waals surface area (Å²) in [4.78, 5) is 0. The van der Waals surface area contributed by atoms with E-state index < -0.39 is 0 Å². The van der Waals surface area contributed by atoms with Gasteiger partial charge in [0, 0.05) is 23.7 Å². The molecule has 0 aliphatic rings. The first kappa shape index (κ1) is 13.4. The van der Waals surface area contributed by atoms with Crippen LogP contribution in [0.5, 0.6) is 0 Å². The van der Waals surface area contributed by atoms with Crippen LogP contribution in [0.4, 0.5) is 4.39 Å². The minimum atomic E-state index is -0.379. The maximum Gasteiger partial charge on any atom is 0.129 e. The van der Waals surface area contributed by atoms with Gasteiger partial charge in [-0.15, -0.1) is 0 Å². The first-order valence-corrected chi connectivity index (χ1v) is 5.84. The van der Waals surface area contributed by atoms with Crippen molar-refractivity contribution in [2.75, 3.05) is 6.54 Å². The summed E-state index contributed by atoms with van der Waals surface area (Å²) in [6, 6.07) is 4.61. The topological polar surface area (TPSA) is 32.3 Å². The Balaban J connectivity index is 2.43. The molecule has 1 aromatic rings. The predicted molar refractivity (Wildman–Crippen MR) is 64.0 cm³/mol. The van der Waals surface area contributed by atoms with Crippen LogP contribution in [-0.2, 0) is 6.54 Å². The Morgan fingerprint density at radius 1 is 1.50 bits per heavy atom. The van der Waals surface area contributed by atoms with Crippen LogP contribution in [0, 0.1) is 5.82 Å². The van der Waals surface area contributed by atoms with Crippen molar-refractivity contribution in [2.45, 2.75) is 32.4 Å². The molecule has 1 aromatic carbocycles. The zero-order valence-electron chi connectivity index (χ0n) is 9.34. The third-order valence-electron chi connectivity index (χ3n) is 2.37. The normalized spacial score (nSPS) is 12.8. The van der Waals surface area contributed by atoms with Gasteiger partial charge < -0.3 is 10.4 Å². The largest absolute Gasteiger partial charge is 0.392 e. The molecule has 1 unspecified atom stereocenters. The van der Waals surface area contributed by atoms with Crippen molar-refractivity contribution in [3.63, 3.8) is 0 Å². The van der Waals surface area contributed by atoms with Crippen molar-refractivity contribution in [1.82, 2.24) is 5.32 Å². The SMILES string of the molecule is CCCC(O)CNCc1c(F)cccc1Cl. The molecule has 0 radical (unpaired) electrons. The van der Waals surface area contributed by atoms with Crippen LogP contribution in [0.15, 0.2) is 18.2 Å². The smallest absolute Gasteiger partial charge is 0.129 e. The summed E-state index contributed by atoms with van der Waals surface area (Å²) in [5.41, 5.74) is 0.452. The Bertz CT molecular complexity index is 313. The molecule has 0 heterocycles. The lowest BCUT2D eigenvalue weighted by molar-refractivity contribution is 0.160. The van der Waals surface area contributed by atoms with Crippen LogP contribution in [0.3, 0.4) is 0 Å². The first-order valence-electron chi connectivity index (χ1n) is 5.46. The van der Waals surface area contributed by atoms with E-state index in [0.717, 1.165) is 12.8 Å². The average molecular weight is 246 g/mol. The minimum Gasteiger partial charge on any atom is -0.392 e. The van der Waals surface area contributed by atoms with Crippen molar-refractivity contribution in [3.05, 3.63) is 34.6 Å². The predicted octanol–water partition coefficient (Wildman–Crippen LogP) is 2.73. The molecule has 2 nitrogen and oxygen atoms in total. The molecule has 0 fully saturated rings. The molecule has 0 amide bonds. The van der Waals surface area contributed by atoms with E-state index in [2.05, 4.69) is 5.32 Å². The third kappa shape index (κ3) is 4.08. The lowest BCUT2D eigenvalue weighted by Gasteiger charge is -2.11. The van der Waals surface area contributed by atoms with Crippen molar-refractivity contribution in [1.29, 1.82) is 0 Å². The molecule has 4 heteroatoms. The van der Waals surface area contributed by atoms with Gasteiger partial charge in [0.15, 0.2) is 0 Å². The highest BCUT2D eigenvalue weighted by Gasteiger charge is 2.07. The third-order valence-corrected chi connectivity index (χ3v) is 2.72. The van der Waals surface area contributed by atoms with Gasteiger partial charge in [0.1, 0.15) is 5.82 Å². The van der Waals surface area contributed by atoms with Crippen molar-refractivity contribution in [3.8, 4) is 0 Å². The lowest BCUT2D eigenvalue weighted by atomic mass is 10.2. The molecular formula is C12H17ClFNO. The summed E-state index contributed by atoms with van der Waals surface area (Å²) in [5, 5.41) is 12.9. The first-order chi connectivity index (χ1) is 7.65. The van der Waals surface area contributed by atoms with Gasteiger partial charge in [0.25, 0.3) is 0 Å². The van der Waals surface area contributed by atoms with E-state index in [9.17, 15) is 9.50 Å². The van der Waals surface area contributed by atoms with Gasteiger partial charge in [-0.2, -0.15) is 0 Å². The highest BCUT2D eigenvalue weighted by molar-refractivity contribution is 6.31. The molecular weight excluding hydrogens is 229 g/mol. The zero-order valence-corrected chi connectivity index (χ0v) is 10.1. The second-order valence-corrected chi connectivity index (χ2v) is 4.18. The number of hydrogen-bond acceptors (Lipinski definition) is 2. The number of aliphatic hydroxyl groups excluding tert-OH is 1. The van der Waals surface area contributed by atoms with E-state index in [0.29, 0.717) is 23.7 Å². The quantitative estimate of drug-likeness (QED) is 0.808. The van der Waals surface area contributed by atoms with E-state index in [-0.39, 0.29) is 11.9 Å². The summed E-state index contributed by atoms with van der Waals surface area (Å²) in [7, 11) is 0. The van der Waals surface area contributed by atoms with Crippen molar-refractivity contribution >= 4 is 11.6 Å². The van der Waals surface area contributed by atoms with E-state index in [1.54, 1.807) is 12.1 Å².